The Morgan fingerprint density at radius 3 is 2.14 bits per heavy atom. The van der Waals surface area contributed by atoms with Gasteiger partial charge in [-0.2, -0.15) is 10.1 Å². The number of hydrogen-bond acceptors (Lipinski definition) is 8. The largest absolute Gasteiger partial charge is 0.473 e. The normalized spacial score (nSPS) is 16.2. The van der Waals surface area contributed by atoms with Crippen LogP contribution in [0, 0.1) is 0 Å². The Hall–Kier alpha value is -4.44. The van der Waals surface area contributed by atoms with Gasteiger partial charge in [-0.15, -0.1) is 0 Å². The minimum Gasteiger partial charge on any atom is -0.473 e. The number of anilines is 1. The lowest BCUT2D eigenvalue weighted by atomic mass is 10.1. The summed E-state index contributed by atoms with van der Waals surface area (Å²) in [5.74, 6) is 0.997. The maximum absolute atomic E-state index is 6.33. The van der Waals surface area contributed by atoms with E-state index in [0.717, 1.165) is 59.5 Å². The topological polar surface area (TPSA) is 74.1 Å². The van der Waals surface area contributed by atoms with Crippen molar-refractivity contribution >= 4 is 16.6 Å². The van der Waals surface area contributed by atoms with Gasteiger partial charge < -0.3 is 23.8 Å². The second-order valence-electron chi connectivity index (χ2n) is 10.8. The van der Waals surface area contributed by atoms with Crippen molar-refractivity contribution in [3.63, 3.8) is 0 Å². The first-order valence-corrected chi connectivity index (χ1v) is 14.7. The molecule has 2 fully saturated rings. The summed E-state index contributed by atoms with van der Waals surface area (Å²) in [6.07, 6.45) is -0.202. The summed E-state index contributed by atoms with van der Waals surface area (Å²) in [6.45, 7) is 5.76. The fourth-order valence-corrected chi connectivity index (χ4v) is 5.64. The lowest BCUT2D eigenvalue weighted by Gasteiger charge is -2.37. The first kappa shape index (κ1) is 27.4. The maximum Gasteiger partial charge on any atom is 0.226 e. The molecular weight excluding hydrogens is 542 g/mol. The molecule has 5 aromatic rings. The highest BCUT2D eigenvalue weighted by atomic mass is 16.7. The number of pyridine rings is 1. The average molecular weight is 578 g/mol. The molecule has 0 unspecified atom stereocenters. The number of fused-ring (bicyclic) bond motifs is 1. The second-order valence-corrected chi connectivity index (χ2v) is 10.8. The van der Waals surface area contributed by atoms with Gasteiger partial charge >= 0.3 is 0 Å². The van der Waals surface area contributed by atoms with E-state index in [1.807, 2.05) is 84.5 Å². The van der Waals surface area contributed by atoms with Crippen molar-refractivity contribution in [1.82, 2.24) is 19.7 Å². The minimum absolute atomic E-state index is 0.202. The van der Waals surface area contributed by atoms with Crippen LogP contribution in [0.2, 0.25) is 0 Å². The number of piperazine rings is 1. The maximum atomic E-state index is 6.33. The Balaban J connectivity index is 1.15. The molecule has 2 saturated heterocycles. The Labute approximate surface area is 251 Å². The summed E-state index contributed by atoms with van der Waals surface area (Å²) in [4.78, 5) is 9.47. The van der Waals surface area contributed by atoms with E-state index in [9.17, 15) is 0 Å². The summed E-state index contributed by atoms with van der Waals surface area (Å²) in [6, 6.07) is 30.6. The third-order valence-corrected chi connectivity index (χ3v) is 7.95. The quantitative estimate of drug-likeness (QED) is 0.235. The molecule has 2 aliphatic rings. The fourth-order valence-electron chi connectivity index (χ4n) is 5.64. The monoisotopic (exact) mass is 577 g/mol. The Morgan fingerprint density at radius 1 is 0.767 bits per heavy atom. The third kappa shape index (κ3) is 6.06. The van der Waals surface area contributed by atoms with Gasteiger partial charge in [0, 0.05) is 50.4 Å². The van der Waals surface area contributed by atoms with Gasteiger partial charge in [-0.3, -0.25) is 9.58 Å². The average Bonchev–Trinajstić information content (AvgIpc) is 3.72. The van der Waals surface area contributed by atoms with Crippen LogP contribution in [0.4, 0.5) is 5.69 Å². The smallest absolute Gasteiger partial charge is 0.226 e. The molecule has 0 radical (unpaired) electrons. The van der Waals surface area contributed by atoms with Crippen LogP contribution < -0.4 is 14.4 Å². The molecule has 0 atom stereocenters. The highest BCUT2D eigenvalue weighted by molar-refractivity contribution is 5.96. The highest BCUT2D eigenvalue weighted by Crippen LogP contribution is 2.36. The van der Waals surface area contributed by atoms with Gasteiger partial charge in [0.2, 0.25) is 18.2 Å². The van der Waals surface area contributed by atoms with Gasteiger partial charge in [0.15, 0.2) is 0 Å². The van der Waals surface area contributed by atoms with Gasteiger partial charge in [0.05, 0.1) is 24.3 Å². The van der Waals surface area contributed by atoms with E-state index in [1.165, 1.54) is 5.69 Å². The number of benzene rings is 3. The number of aryl methyl sites for hydroxylation is 1. The van der Waals surface area contributed by atoms with Crippen molar-refractivity contribution in [3.8, 4) is 23.0 Å². The van der Waals surface area contributed by atoms with Gasteiger partial charge in [0.1, 0.15) is 18.9 Å². The van der Waals surface area contributed by atoms with Gasteiger partial charge in [0.25, 0.3) is 0 Å². The lowest BCUT2D eigenvalue weighted by molar-refractivity contribution is -0.153. The van der Waals surface area contributed by atoms with Crippen LogP contribution in [0.3, 0.4) is 0 Å². The fraction of sp³-hybridized carbons (Fsp3) is 0.294. The van der Waals surface area contributed by atoms with E-state index in [-0.39, 0.29) is 6.41 Å². The molecule has 0 saturated carbocycles. The zero-order valence-corrected chi connectivity index (χ0v) is 24.3. The van der Waals surface area contributed by atoms with Crippen molar-refractivity contribution in [1.29, 1.82) is 0 Å². The molecule has 0 aliphatic carbocycles. The highest BCUT2D eigenvalue weighted by Gasteiger charge is 2.28. The van der Waals surface area contributed by atoms with Crippen LogP contribution in [-0.2, 0) is 29.7 Å². The first-order chi connectivity index (χ1) is 21.2. The molecule has 220 valence electrons. The summed E-state index contributed by atoms with van der Waals surface area (Å²) in [7, 11) is 1.98. The van der Waals surface area contributed by atoms with Crippen LogP contribution in [0.5, 0.6) is 11.8 Å². The van der Waals surface area contributed by atoms with Crippen LogP contribution in [0.1, 0.15) is 11.1 Å². The molecule has 7 rings (SSSR count). The Kier molecular flexibility index (Phi) is 7.92. The van der Waals surface area contributed by atoms with Gasteiger partial charge in [-0.25, -0.2) is 0 Å². The first-order valence-electron chi connectivity index (χ1n) is 14.7. The molecule has 2 aliphatic heterocycles. The number of aromatic nitrogens is 3. The molecular formula is C34H35N5O4. The van der Waals surface area contributed by atoms with E-state index in [0.29, 0.717) is 38.2 Å². The summed E-state index contributed by atoms with van der Waals surface area (Å²) >= 11 is 0. The van der Waals surface area contributed by atoms with Crippen molar-refractivity contribution in [2.24, 2.45) is 7.05 Å². The van der Waals surface area contributed by atoms with E-state index in [4.69, 9.17) is 29.0 Å². The summed E-state index contributed by atoms with van der Waals surface area (Å²) in [5.41, 5.74) is 6.02. The standard InChI is InChI=1S/C34H35N5O4/c1-37-30-22-27(38-16-18-39(19-17-38)34-40-20-21-41-34)12-13-28(30)32(36-37)29-14-15-31(42-23-25-8-4-2-5-9-25)35-33(29)43-24-26-10-6-3-7-11-26/h2-15,22,34H,16-21,23-24H2,1H3. The molecule has 0 amide bonds. The van der Waals surface area contributed by atoms with Crippen LogP contribution in [-0.4, -0.2) is 65.5 Å². The minimum atomic E-state index is -0.202. The van der Waals surface area contributed by atoms with Crippen LogP contribution in [0.25, 0.3) is 22.2 Å². The third-order valence-electron chi connectivity index (χ3n) is 7.95. The number of rotatable bonds is 9. The molecule has 9 heteroatoms. The van der Waals surface area contributed by atoms with Gasteiger partial charge in [-0.05, 0) is 35.4 Å². The second kappa shape index (κ2) is 12.4. The molecule has 2 aromatic heterocycles. The van der Waals surface area contributed by atoms with E-state index < -0.39 is 0 Å². The predicted octanol–water partition coefficient (Wildman–Crippen LogP) is 5.25. The van der Waals surface area contributed by atoms with Crippen molar-refractivity contribution < 1.29 is 18.9 Å². The number of nitrogens with zero attached hydrogens (tertiary/aromatic N) is 5. The number of ether oxygens (including phenoxy) is 4. The van der Waals surface area contributed by atoms with Crippen molar-refractivity contribution in [2.45, 2.75) is 19.6 Å². The zero-order valence-electron chi connectivity index (χ0n) is 24.3. The molecule has 3 aromatic carbocycles. The predicted molar refractivity (Wildman–Crippen MR) is 165 cm³/mol. The van der Waals surface area contributed by atoms with Crippen molar-refractivity contribution in [3.05, 3.63) is 102 Å². The van der Waals surface area contributed by atoms with E-state index in [1.54, 1.807) is 0 Å². The lowest BCUT2D eigenvalue weighted by Crippen LogP contribution is -2.50. The molecule has 4 heterocycles. The Bertz CT molecular complexity index is 1660. The van der Waals surface area contributed by atoms with E-state index in [2.05, 4.69) is 28.0 Å². The summed E-state index contributed by atoms with van der Waals surface area (Å²) in [5, 5.41) is 5.99. The molecule has 0 bridgehead atoms. The molecule has 43 heavy (non-hydrogen) atoms. The summed E-state index contributed by atoms with van der Waals surface area (Å²) < 4.78 is 25.7. The van der Waals surface area contributed by atoms with Crippen LogP contribution in [0.15, 0.2) is 91.0 Å². The Morgan fingerprint density at radius 2 is 1.44 bits per heavy atom. The van der Waals surface area contributed by atoms with Crippen molar-refractivity contribution in [2.75, 3.05) is 44.3 Å². The zero-order chi connectivity index (χ0) is 29.0. The van der Waals surface area contributed by atoms with Gasteiger partial charge in [-0.1, -0.05) is 60.7 Å². The SMILES string of the molecule is Cn1nc(-c2ccc(OCc3ccccc3)nc2OCc2ccccc2)c2ccc(N3CCN(C4OCCO4)CC3)cc21. The molecule has 0 N–H and O–H groups in total. The molecule has 0 spiro atoms. The molecule has 9 nitrogen and oxygen atoms in total. The number of hydrogen-bond donors (Lipinski definition) is 0. The van der Waals surface area contributed by atoms with Crippen LogP contribution >= 0.6 is 0 Å². The van der Waals surface area contributed by atoms with E-state index >= 15 is 0 Å².